The fourth-order valence-electron chi connectivity index (χ4n) is 2.09. The van der Waals surface area contributed by atoms with Gasteiger partial charge in [0.1, 0.15) is 5.82 Å². The van der Waals surface area contributed by atoms with Crippen molar-refractivity contribution in [3.05, 3.63) is 71.0 Å². The average molecular weight is 287 g/mol. The topological polar surface area (TPSA) is 49.3 Å². The van der Waals surface area contributed by atoms with Crippen LogP contribution < -0.4 is 5.32 Å². The predicted molar refractivity (Wildman–Crippen MR) is 79.4 cm³/mol. The van der Waals surface area contributed by atoms with Gasteiger partial charge in [-0.2, -0.15) is 0 Å². The van der Waals surface area contributed by atoms with E-state index in [1.165, 1.54) is 12.1 Å². The van der Waals surface area contributed by atoms with Crippen LogP contribution in [0.15, 0.2) is 48.5 Å². The summed E-state index contributed by atoms with van der Waals surface area (Å²) in [5.74, 6) is -1.06. The summed E-state index contributed by atoms with van der Waals surface area (Å²) in [5, 5.41) is 12.1. The number of carboxylic acid groups (broad SMARTS) is 1. The molecule has 4 heteroatoms. The van der Waals surface area contributed by atoms with E-state index < -0.39 is 5.97 Å². The molecule has 21 heavy (non-hydrogen) atoms. The summed E-state index contributed by atoms with van der Waals surface area (Å²) >= 11 is 0. The molecule has 0 aromatic heterocycles. The Bertz CT molecular complexity index is 593. The molecule has 0 heterocycles. The summed E-state index contributed by atoms with van der Waals surface area (Å²) in [6.45, 7) is 2.69. The Morgan fingerprint density at radius 3 is 2.24 bits per heavy atom. The van der Waals surface area contributed by atoms with Gasteiger partial charge >= 0.3 is 5.97 Å². The normalized spacial score (nSPS) is 12.1. The van der Waals surface area contributed by atoms with Crippen LogP contribution in [0.4, 0.5) is 4.39 Å². The molecule has 0 aliphatic carbocycles. The number of carboxylic acids is 1. The molecule has 0 radical (unpaired) electrons. The van der Waals surface area contributed by atoms with Crippen molar-refractivity contribution in [3.63, 3.8) is 0 Å². The Morgan fingerprint density at radius 2 is 1.67 bits per heavy atom. The van der Waals surface area contributed by atoms with E-state index in [1.54, 1.807) is 12.1 Å². The summed E-state index contributed by atoms with van der Waals surface area (Å²) in [5.41, 5.74) is 2.90. The van der Waals surface area contributed by atoms with Crippen molar-refractivity contribution in [1.82, 2.24) is 5.32 Å². The third-order valence-electron chi connectivity index (χ3n) is 3.36. The first-order chi connectivity index (χ1) is 10.0. The first-order valence-corrected chi connectivity index (χ1v) is 6.83. The Hall–Kier alpha value is -2.20. The van der Waals surface area contributed by atoms with Crippen molar-refractivity contribution in [2.24, 2.45) is 0 Å². The molecule has 0 fully saturated rings. The highest BCUT2D eigenvalue weighted by molar-refractivity contribution is 5.70. The van der Waals surface area contributed by atoms with Crippen molar-refractivity contribution in [2.75, 3.05) is 0 Å². The van der Waals surface area contributed by atoms with E-state index in [-0.39, 0.29) is 18.3 Å². The maximum Gasteiger partial charge on any atom is 0.307 e. The van der Waals surface area contributed by atoms with Gasteiger partial charge in [0, 0.05) is 12.6 Å². The van der Waals surface area contributed by atoms with Crippen LogP contribution in [0.5, 0.6) is 0 Å². The lowest BCUT2D eigenvalue weighted by atomic mass is 10.1. The molecule has 0 saturated carbocycles. The molecule has 2 rings (SSSR count). The van der Waals surface area contributed by atoms with Crippen molar-refractivity contribution in [1.29, 1.82) is 0 Å². The second-order valence-electron chi connectivity index (χ2n) is 5.04. The van der Waals surface area contributed by atoms with Crippen molar-refractivity contribution < 1.29 is 14.3 Å². The fraction of sp³-hybridized carbons (Fsp3) is 0.235. The average Bonchev–Trinajstić information content (AvgIpc) is 2.46. The number of aliphatic carboxylic acids is 1. The minimum atomic E-state index is -0.828. The van der Waals surface area contributed by atoms with Gasteiger partial charge in [0.05, 0.1) is 6.42 Å². The molecule has 0 aliphatic rings. The van der Waals surface area contributed by atoms with Crippen LogP contribution in [0.3, 0.4) is 0 Å². The lowest BCUT2D eigenvalue weighted by Gasteiger charge is -2.14. The Balaban J connectivity index is 1.90. The highest BCUT2D eigenvalue weighted by Crippen LogP contribution is 2.14. The van der Waals surface area contributed by atoms with Gasteiger partial charge in [-0.25, -0.2) is 4.39 Å². The molecular weight excluding hydrogens is 269 g/mol. The zero-order valence-corrected chi connectivity index (χ0v) is 11.8. The first kappa shape index (κ1) is 15.2. The zero-order chi connectivity index (χ0) is 15.2. The number of nitrogens with one attached hydrogen (secondary N) is 1. The van der Waals surface area contributed by atoms with E-state index in [0.717, 1.165) is 16.7 Å². The highest BCUT2D eigenvalue weighted by Gasteiger charge is 2.05. The van der Waals surface area contributed by atoms with E-state index in [4.69, 9.17) is 5.11 Å². The van der Waals surface area contributed by atoms with Crippen molar-refractivity contribution in [3.8, 4) is 0 Å². The molecule has 0 amide bonds. The molecule has 0 unspecified atom stereocenters. The molecule has 0 aliphatic heterocycles. The molecular formula is C17H18FNO2. The smallest absolute Gasteiger partial charge is 0.307 e. The van der Waals surface area contributed by atoms with E-state index in [0.29, 0.717) is 6.54 Å². The molecule has 110 valence electrons. The third-order valence-corrected chi connectivity index (χ3v) is 3.36. The lowest BCUT2D eigenvalue weighted by Crippen LogP contribution is -2.18. The quantitative estimate of drug-likeness (QED) is 0.857. The van der Waals surface area contributed by atoms with Gasteiger partial charge in [-0.05, 0) is 35.7 Å². The van der Waals surface area contributed by atoms with E-state index in [9.17, 15) is 9.18 Å². The second-order valence-corrected chi connectivity index (χ2v) is 5.04. The van der Waals surface area contributed by atoms with Crippen LogP contribution in [0.25, 0.3) is 0 Å². The van der Waals surface area contributed by atoms with Crippen LogP contribution >= 0.6 is 0 Å². The Kier molecular flexibility index (Phi) is 5.06. The van der Waals surface area contributed by atoms with Crippen molar-refractivity contribution in [2.45, 2.75) is 25.9 Å². The van der Waals surface area contributed by atoms with Crippen LogP contribution in [-0.4, -0.2) is 11.1 Å². The largest absolute Gasteiger partial charge is 0.481 e. The van der Waals surface area contributed by atoms with Crippen LogP contribution in [0.1, 0.15) is 29.7 Å². The summed E-state index contributed by atoms with van der Waals surface area (Å²) in [6.07, 6.45) is 0.0414. The van der Waals surface area contributed by atoms with Gasteiger partial charge in [0.2, 0.25) is 0 Å². The van der Waals surface area contributed by atoms with E-state index in [1.807, 2.05) is 31.2 Å². The Labute approximate surface area is 123 Å². The van der Waals surface area contributed by atoms with Gasteiger partial charge in [0.15, 0.2) is 0 Å². The van der Waals surface area contributed by atoms with Gasteiger partial charge in [0.25, 0.3) is 0 Å². The number of carbonyl (C=O) groups is 1. The second kappa shape index (κ2) is 6.99. The summed E-state index contributed by atoms with van der Waals surface area (Å²) in [7, 11) is 0. The van der Waals surface area contributed by atoms with Crippen molar-refractivity contribution >= 4 is 5.97 Å². The van der Waals surface area contributed by atoms with Crippen LogP contribution in [0.2, 0.25) is 0 Å². The molecule has 0 bridgehead atoms. The number of halogens is 1. The van der Waals surface area contributed by atoms with E-state index >= 15 is 0 Å². The first-order valence-electron chi connectivity index (χ1n) is 6.83. The van der Waals surface area contributed by atoms with Crippen LogP contribution in [0, 0.1) is 5.82 Å². The molecule has 1 atom stereocenters. The Morgan fingerprint density at radius 1 is 1.10 bits per heavy atom. The minimum Gasteiger partial charge on any atom is -0.481 e. The van der Waals surface area contributed by atoms with Gasteiger partial charge in [-0.15, -0.1) is 0 Å². The number of hydrogen-bond donors (Lipinski definition) is 2. The maximum absolute atomic E-state index is 12.9. The predicted octanol–water partition coefficient (Wildman–Crippen LogP) is 3.30. The molecule has 2 N–H and O–H groups in total. The highest BCUT2D eigenvalue weighted by atomic mass is 19.1. The SMILES string of the molecule is C[C@H](NCc1ccc(CC(=O)O)cc1)c1ccc(F)cc1. The summed E-state index contributed by atoms with van der Waals surface area (Å²) in [6, 6.07) is 14.0. The maximum atomic E-state index is 12.9. The number of benzene rings is 2. The van der Waals surface area contributed by atoms with Gasteiger partial charge in [-0.3, -0.25) is 4.79 Å². The van der Waals surface area contributed by atoms with Crippen LogP contribution in [-0.2, 0) is 17.8 Å². The number of hydrogen-bond acceptors (Lipinski definition) is 2. The number of rotatable bonds is 6. The monoisotopic (exact) mass is 287 g/mol. The fourth-order valence-corrected chi connectivity index (χ4v) is 2.09. The third kappa shape index (κ3) is 4.68. The lowest BCUT2D eigenvalue weighted by molar-refractivity contribution is -0.136. The van der Waals surface area contributed by atoms with E-state index in [2.05, 4.69) is 5.32 Å². The van der Waals surface area contributed by atoms with Gasteiger partial charge < -0.3 is 10.4 Å². The zero-order valence-electron chi connectivity index (χ0n) is 11.8. The standard InChI is InChI=1S/C17H18FNO2/c1-12(15-6-8-16(18)9-7-15)19-11-14-4-2-13(3-5-14)10-17(20)21/h2-9,12,19H,10-11H2,1H3,(H,20,21)/t12-/m0/s1. The minimum absolute atomic E-state index is 0.0414. The van der Waals surface area contributed by atoms with Gasteiger partial charge in [-0.1, -0.05) is 36.4 Å². The molecule has 0 saturated heterocycles. The summed E-state index contributed by atoms with van der Waals surface area (Å²) in [4.78, 5) is 10.6. The summed E-state index contributed by atoms with van der Waals surface area (Å²) < 4.78 is 12.9. The molecule has 2 aromatic rings. The molecule has 2 aromatic carbocycles. The molecule has 0 spiro atoms. The molecule has 3 nitrogen and oxygen atoms in total.